The molecule has 0 aromatic heterocycles. The monoisotopic (exact) mass is 438 g/mol. The molecule has 1 N–H and O–H groups in total. The Balaban J connectivity index is 1.36. The van der Waals surface area contributed by atoms with Crippen LogP contribution in [-0.4, -0.2) is 42.4 Å². The SMILES string of the molecule is CC1CCN(Cc2ccccc2CNC(=O)c2ccccc2SCC2CCCO2)CC1. The number of thioether (sulfide) groups is 1. The standard InChI is InChI=1S/C26H34N2O2S/c1-20-12-14-28(15-13-20)18-22-8-3-2-7-21(22)17-27-26(29)24-10-4-5-11-25(24)31-19-23-9-6-16-30-23/h2-5,7-8,10-11,20,23H,6,9,12-19H2,1H3,(H,27,29). The third kappa shape index (κ3) is 6.34. The van der Waals surface area contributed by atoms with Crippen LogP contribution in [-0.2, 0) is 17.8 Å². The first-order valence-electron chi connectivity index (χ1n) is 11.6. The molecule has 0 saturated carbocycles. The van der Waals surface area contributed by atoms with E-state index in [4.69, 9.17) is 4.74 Å². The lowest BCUT2D eigenvalue weighted by Crippen LogP contribution is -2.33. The minimum Gasteiger partial charge on any atom is -0.377 e. The first-order valence-corrected chi connectivity index (χ1v) is 12.6. The fourth-order valence-electron chi connectivity index (χ4n) is 4.35. The molecule has 2 aromatic rings. The van der Waals surface area contributed by atoms with Crippen LogP contribution in [0.5, 0.6) is 0 Å². The lowest BCUT2D eigenvalue weighted by atomic mass is 9.98. The van der Waals surface area contributed by atoms with Gasteiger partial charge in [-0.1, -0.05) is 43.3 Å². The van der Waals surface area contributed by atoms with Gasteiger partial charge in [-0.15, -0.1) is 11.8 Å². The van der Waals surface area contributed by atoms with Gasteiger partial charge in [0, 0.05) is 30.3 Å². The minimum absolute atomic E-state index is 0.00274. The third-order valence-corrected chi connectivity index (χ3v) is 7.61. The maximum atomic E-state index is 13.0. The lowest BCUT2D eigenvalue weighted by Gasteiger charge is -2.30. The summed E-state index contributed by atoms with van der Waals surface area (Å²) in [5.74, 6) is 1.74. The van der Waals surface area contributed by atoms with Crippen LogP contribution in [0, 0.1) is 5.92 Å². The molecule has 166 valence electrons. The molecule has 2 saturated heterocycles. The van der Waals surface area contributed by atoms with E-state index in [-0.39, 0.29) is 5.91 Å². The van der Waals surface area contributed by atoms with Gasteiger partial charge in [-0.25, -0.2) is 0 Å². The Hall–Kier alpha value is -1.82. The highest BCUT2D eigenvalue weighted by Gasteiger charge is 2.19. The van der Waals surface area contributed by atoms with E-state index in [1.807, 2.05) is 24.3 Å². The highest BCUT2D eigenvalue weighted by Crippen LogP contribution is 2.27. The Morgan fingerprint density at radius 2 is 1.81 bits per heavy atom. The van der Waals surface area contributed by atoms with Crippen molar-refractivity contribution in [2.24, 2.45) is 5.92 Å². The maximum Gasteiger partial charge on any atom is 0.252 e. The van der Waals surface area contributed by atoms with Gasteiger partial charge in [0.05, 0.1) is 11.7 Å². The van der Waals surface area contributed by atoms with E-state index in [1.54, 1.807) is 11.8 Å². The molecule has 0 spiro atoms. The number of carbonyl (C=O) groups excluding carboxylic acids is 1. The van der Waals surface area contributed by atoms with Crippen molar-refractivity contribution in [2.75, 3.05) is 25.4 Å². The molecule has 0 aliphatic carbocycles. The summed E-state index contributed by atoms with van der Waals surface area (Å²) in [5, 5.41) is 3.17. The van der Waals surface area contributed by atoms with Crippen molar-refractivity contribution < 1.29 is 9.53 Å². The molecule has 1 unspecified atom stereocenters. The highest BCUT2D eigenvalue weighted by atomic mass is 32.2. The summed E-state index contributed by atoms with van der Waals surface area (Å²) in [6, 6.07) is 16.4. The summed E-state index contributed by atoms with van der Waals surface area (Å²) in [7, 11) is 0. The largest absolute Gasteiger partial charge is 0.377 e. The van der Waals surface area contributed by atoms with E-state index in [0.29, 0.717) is 12.6 Å². The van der Waals surface area contributed by atoms with E-state index in [9.17, 15) is 4.79 Å². The molecule has 2 fully saturated rings. The first-order chi connectivity index (χ1) is 15.2. The lowest BCUT2D eigenvalue weighted by molar-refractivity contribution is 0.0947. The average molecular weight is 439 g/mol. The number of ether oxygens (including phenoxy) is 1. The predicted octanol–water partition coefficient (Wildman–Crippen LogP) is 5.12. The average Bonchev–Trinajstić information content (AvgIpc) is 3.32. The number of hydrogen-bond acceptors (Lipinski definition) is 4. The van der Waals surface area contributed by atoms with Crippen LogP contribution in [0.1, 0.15) is 54.1 Å². The number of nitrogens with one attached hydrogen (secondary N) is 1. The molecule has 2 aliphatic heterocycles. The van der Waals surface area contributed by atoms with Crippen molar-refractivity contribution in [3.05, 3.63) is 65.2 Å². The summed E-state index contributed by atoms with van der Waals surface area (Å²) in [4.78, 5) is 16.6. The van der Waals surface area contributed by atoms with Gasteiger partial charge in [-0.05, 0) is 68.0 Å². The number of carbonyl (C=O) groups is 1. The van der Waals surface area contributed by atoms with Crippen molar-refractivity contribution in [1.82, 2.24) is 10.2 Å². The topological polar surface area (TPSA) is 41.6 Å². The molecule has 1 amide bonds. The molecule has 0 radical (unpaired) electrons. The normalized spacial score (nSPS) is 20.1. The van der Waals surface area contributed by atoms with Gasteiger partial charge in [-0.2, -0.15) is 0 Å². The zero-order valence-electron chi connectivity index (χ0n) is 18.5. The van der Waals surface area contributed by atoms with E-state index < -0.39 is 0 Å². The molecule has 31 heavy (non-hydrogen) atoms. The van der Waals surface area contributed by atoms with E-state index in [2.05, 4.69) is 41.4 Å². The molecular weight excluding hydrogens is 404 g/mol. The van der Waals surface area contributed by atoms with E-state index in [1.165, 1.54) is 24.0 Å². The summed E-state index contributed by atoms with van der Waals surface area (Å²) < 4.78 is 5.74. The van der Waals surface area contributed by atoms with Crippen molar-refractivity contribution in [3.8, 4) is 0 Å². The summed E-state index contributed by atoms with van der Waals surface area (Å²) in [6.07, 6.45) is 5.13. The van der Waals surface area contributed by atoms with Crippen LogP contribution in [0.2, 0.25) is 0 Å². The van der Waals surface area contributed by atoms with Crippen LogP contribution in [0.4, 0.5) is 0 Å². The van der Waals surface area contributed by atoms with Crippen LogP contribution in [0.15, 0.2) is 53.4 Å². The Morgan fingerprint density at radius 1 is 1.06 bits per heavy atom. The number of rotatable bonds is 8. The Labute approximate surface area is 190 Å². The fraction of sp³-hybridized carbons (Fsp3) is 0.500. The number of piperidine rings is 1. The van der Waals surface area contributed by atoms with Crippen LogP contribution < -0.4 is 5.32 Å². The minimum atomic E-state index is -0.00274. The van der Waals surface area contributed by atoms with Crippen LogP contribution in [0.3, 0.4) is 0 Å². The number of benzene rings is 2. The quantitative estimate of drug-likeness (QED) is 0.581. The molecule has 4 rings (SSSR count). The zero-order valence-corrected chi connectivity index (χ0v) is 19.3. The molecule has 2 aliphatic rings. The smallest absolute Gasteiger partial charge is 0.252 e. The molecule has 0 bridgehead atoms. The van der Waals surface area contributed by atoms with Gasteiger partial charge in [0.25, 0.3) is 5.91 Å². The molecular formula is C26H34N2O2S. The first kappa shape index (κ1) is 22.4. The van der Waals surface area contributed by atoms with Crippen molar-refractivity contribution in [3.63, 3.8) is 0 Å². The molecule has 4 nitrogen and oxygen atoms in total. The number of likely N-dealkylation sites (tertiary alicyclic amines) is 1. The van der Waals surface area contributed by atoms with Gasteiger partial charge >= 0.3 is 0 Å². The number of nitrogens with zero attached hydrogens (tertiary/aromatic N) is 1. The second-order valence-electron chi connectivity index (χ2n) is 8.85. The van der Waals surface area contributed by atoms with Crippen LogP contribution >= 0.6 is 11.8 Å². The van der Waals surface area contributed by atoms with Crippen molar-refractivity contribution >= 4 is 17.7 Å². The zero-order chi connectivity index (χ0) is 21.5. The van der Waals surface area contributed by atoms with Gasteiger partial charge in [0.1, 0.15) is 0 Å². The molecule has 2 aromatic carbocycles. The summed E-state index contributed by atoms with van der Waals surface area (Å²) >= 11 is 1.73. The second kappa shape index (κ2) is 11.2. The molecule has 5 heteroatoms. The summed E-state index contributed by atoms with van der Waals surface area (Å²) in [6.45, 7) is 7.06. The second-order valence-corrected chi connectivity index (χ2v) is 9.91. The predicted molar refractivity (Wildman–Crippen MR) is 127 cm³/mol. The highest BCUT2D eigenvalue weighted by molar-refractivity contribution is 7.99. The van der Waals surface area contributed by atoms with Gasteiger partial charge in [-0.3, -0.25) is 9.69 Å². The number of hydrogen-bond donors (Lipinski definition) is 1. The maximum absolute atomic E-state index is 13.0. The summed E-state index contributed by atoms with van der Waals surface area (Å²) in [5.41, 5.74) is 3.28. The van der Waals surface area contributed by atoms with Crippen molar-refractivity contribution in [1.29, 1.82) is 0 Å². The Kier molecular flexibility index (Phi) is 8.06. The molecule has 1 atom stereocenters. The van der Waals surface area contributed by atoms with E-state index in [0.717, 1.165) is 61.2 Å². The number of amides is 1. The Bertz CT molecular complexity index is 858. The van der Waals surface area contributed by atoms with Gasteiger partial charge in [0.2, 0.25) is 0 Å². The molecule has 2 heterocycles. The Morgan fingerprint density at radius 3 is 2.58 bits per heavy atom. The van der Waals surface area contributed by atoms with Crippen LogP contribution in [0.25, 0.3) is 0 Å². The van der Waals surface area contributed by atoms with Gasteiger partial charge in [0.15, 0.2) is 0 Å². The van der Waals surface area contributed by atoms with Gasteiger partial charge < -0.3 is 10.1 Å². The fourth-order valence-corrected chi connectivity index (χ4v) is 5.47. The van der Waals surface area contributed by atoms with E-state index >= 15 is 0 Å². The third-order valence-electron chi connectivity index (χ3n) is 6.41. The van der Waals surface area contributed by atoms with Crippen molar-refractivity contribution in [2.45, 2.75) is 56.7 Å².